The summed E-state index contributed by atoms with van der Waals surface area (Å²) in [5.74, 6) is -1.22. The number of carbonyl (C=O) groups is 3. The van der Waals surface area contributed by atoms with Crippen LogP contribution >= 0.6 is 0 Å². The van der Waals surface area contributed by atoms with Gasteiger partial charge in [0.05, 0.1) is 10.8 Å². The van der Waals surface area contributed by atoms with Crippen LogP contribution in [0.1, 0.15) is 33.1 Å². The van der Waals surface area contributed by atoms with E-state index in [1.165, 1.54) is 21.3 Å². The standard InChI is InChI=1S/C21H30N4O5S/c1-3-24(4-2)31(29,30)18-7-5-17(6-8-18)25-14-16(13-19(25)26)21(28)23-11-9-15(10-12-23)20(22)27/h5-8,15-16H,3-4,9-14H2,1-2H3,(H2,22,27). The first-order valence-corrected chi connectivity index (χ1v) is 12.1. The van der Waals surface area contributed by atoms with E-state index in [0.29, 0.717) is 44.7 Å². The summed E-state index contributed by atoms with van der Waals surface area (Å²) in [4.78, 5) is 40.2. The molecule has 0 radical (unpaired) electrons. The van der Waals surface area contributed by atoms with E-state index in [2.05, 4.69) is 0 Å². The van der Waals surface area contributed by atoms with Crippen LogP contribution < -0.4 is 10.6 Å². The van der Waals surface area contributed by atoms with Crippen molar-refractivity contribution in [3.63, 3.8) is 0 Å². The van der Waals surface area contributed by atoms with E-state index >= 15 is 0 Å². The lowest BCUT2D eigenvalue weighted by Gasteiger charge is -2.32. The van der Waals surface area contributed by atoms with Gasteiger partial charge < -0.3 is 15.5 Å². The topological polar surface area (TPSA) is 121 Å². The van der Waals surface area contributed by atoms with Crippen LogP contribution in [-0.4, -0.2) is 68.1 Å². The fourth-order valence-corrected chi connectivity index (χ4v) is 5.73. The lowest BCUT2D eigenvalue weighted by Crippen LogP contribution is -2.44. The molecule has 2 heterocycles. The zero-order valence-electron chi connectivity index (χ0n) is 18.0. The normalized spacial score (nSPS) is 20.5. The smallest absolute Gasteiger partial charge is 0.243 e. The molecule has 1 aromatic rings. The summed E-state index contributed by atoms with van der Waals surface area (Å²) < 4.78 is 26.7. The molecule has 31 heavy (non-hydrogen) atoms. The number of hydrogen-bond donors (Lipinski definition) is 1. The largest absolute Gasteiger partial charge is 0.369 e. The molecular formula is C21H30N4O5S. The Morgan fingerprint density at radius 1 is 1.06 bits per heavy atom. The van der Waals surface area contributed by atoms with Crippen LogP contribution in [-0.2, 0) is 24.4 Å². The van der Waals surface area contributed by atoms with Gasteiger partial charge in [-0.15, -0.1) is 0 Å². The Balaban J connectivity index is 1.66. The highest BCUT2D eigenvalue weighted by atomic mass is 32.2. The second kappa shape index (κ2) is 9.35. The third-order valence-electron chi connectivity index (χ3n) is 6.17. The van der Waals surface area contributed by atoms with Crippen molar-refractivity contribution in [2.45, 2.75) is 38.0 Å². The van der Waals surface area contributed by atoms with Gasteiger partial charge in [-0.2, -0.15) is 4.31 Å². The number of carbonyl (C=O) groups excluding carboxylic acids is 3. The predicted molar refractivity (Wildman–Crippen MR) is 116 cm³/mol. The van der Waals surface area contributed by atoms with Crippen molar-refractivity contribution in [3.05, 3.63) is 24.3 Å². The zero-order chi connectivity index (χ0) is 22.8. The highest BCUT2D eigenvalue weighted by molar-refractivity contribution is 7.89. The van der Waals surface area contributed by atoms with Crippen molar-refractivity contribution < 1.29 is 22.8 Å². The van der Waals surface area contributed by atoms with E-state index in [-0.39, 0.29) is 41.5 Å². The fourth-order valence-electron chi connectivity index (χ4n) is 4.28. The molecule has 2 N–H and O–H groups in total. The third-order valence-corrected chi connectivity index (χ3v) is 8.24. The van der Waals surface area contributed by atoms with Gasteiger partial charge in [-0.3, -0.25) is 14.4 Å². The number of rotatable bonds is 7. The number of nitrogens with zero attached hydrogens (tertiary/aromatic N) is 3. The first-order chi connectivity index (χ1) is 14.7. The first kappa shape index (κ1) is 23.2. The molecule has 10 heteroatoms. The zero-order valence-corrected chi connectivity index (χ0v) is 18.8. The lowest BCUT2D eigenvalue weighted by atomic mass is 9.95. The number of likely N-dealkylation sites (tertiary alicyclic amines) is 1. The van der Waals surface area contributed by atoms with Gasteiger partial charge in [0.2, 0.25) is 27.7 Å². The molecule has 0 spiro atoms. The molecule has 0 aromatic heterocycles. The molecule has 0 saturated carbocycles. The molecule has 9 nitrogen and oxygen atoms in total. The Morgan fingerprint density at radius 2 is 1.65 bits per heavy atom. The lowest BCUT2D eigenvalue weighted by molar-refractivity contribution is -0.138. The Kier molecular flexibility index (Phi) is 7.00. The Labute approximate surface area is 183 Å². The Bertz CT molecular complexity index is 935. The summed E-state index contributed by atoms with van der Waals surface area (Å²) >= 11 is 0. The van der Waals surface area contributed by atoms with Crippen LogP contribution in [0, 0.1) is 11.8 Å². The summed E-state index contributed by atoms with van der Waals surface area (Å²) in [6.45, 7) is 5.52. The average molecular weight is 451 g/mol. The number of anilines is 1. The summed E-state index contributed by atoms with van der Waals surface area (Å²) in [6.07, 6.45) is 1.22. The number of primary amides is 1. The van der Waals surface area contributed by atoms with Crippen molar-refractivity contribution in [2.24, 2.45) is 17.6 Å². The molecule has 2 saturated heterocycles. The summed E-state index contributed by atoms with van der Waals surface area (Å²) in [5.41, 5.74) is 5.92. The number of amides is 3. The van der Waals surface area contributed by atoms with Crippen molar-refractivity contribution in [1.29, 1.82) is 0 Å². The second-order valence-electron chi connectivity index (χ2n) is 7.99. The van der Waals surface area contributed by atoms with E-state index in [4.69, 9.17) is 5.73 Å². The second-order valence-corrected chi connectivity index (χ2v) is 9.93. The molecule has 3 amide bonds. The minimum atomic E-state index is -3.57. The predicted octanol–water partition coefficient (Wildman–Crippen LogP) is 0.794. The van der Waals surface area contributed by atoms with E-state index in [1.54, 1.807) is 30.9 Å². The summed E-state index contributed by atoms with van der Waals surface area (Å²) in [7, 11) is -3.57. The number of piperidine rings is 1. The minimum absolute atomic E-state index is 0.0838. The first-order valence-electron chi connectivity index (χ1n) is 10.7. The molecule has 1 unspecified atom stereocenters. The molecule has 0 bridgehead atoms. The molecular weight excluding hydrogens is 420 g/mol. The molecule has 0 aliphatic carbocycles. The summed E-state index contributed by atoms with van der Waals surface area (Å²) in [5, 5.41) is 0. The highest BCUT2D eigenvalue weighted by Gasteiger charge is 2.38. The maximum absolute atomic E-state index is 12.9. The van der Waals surface area contributed by atoms with Crippen LogP contribution in [0.15, 0.2) is 29.2 Å². The van der Waals surface area contributed by atoms with Crippen molar-refractivity contribution in [3.8, 4) is 0 Å². The number of nitrogens with two attached hydrogens (primary N) is 1. The quantitative estimate of drug-likeness (QED) is 0.658. The van der Waals surface area contributed by atoms with Crippen molar-refractivity contribution in [1.82, 2.24) is 9.21 Å². The van der Waals surface area contributed by atoms with Crippen molar-refractivity contribution >= 4 is 33.4 Å². The van der Waals surface area contributed by atoms with Gasteiger partial charge >= 0.3 is 0 Å². The van der Waals surface area contributed by atoms with Crippen LogP contribution in [0.3, 0.4) is 0 Å². The molecule has 2 aliphatic rings. The number of sulfonamides is 1. The molecule has 2 fully saturated rings. The van der Waals surface area contributed by atoms with Crippen LogP contribution in [0.2, 0.25) is 0 Å². The van der Waals surface area contributed by atoms with Gasteiger partial charge in [0.25, 0.3) is 0 Å². The van der Waals surface area contributed by atoms with Gasteiger partial charge in [0, 0.05) is 50.7 Å². The third kappa shape index (κ3) is 4.74. The molecule has 1 atom stereocenters. The molecule has 170 valence electrons. The van der Waals surface area contributed by atoms with Crippen LogP contribution in [0.25, 0.3) is 0 Å². The molecule has 1 aromatic carbocycles. The van der Waals surface area contributed by atoms with Crippen molar-refractivity contribution in [2.75, 3.05) is 37.6 Å². The maximum atomic E-state index is 12.9. The van der Waals surface area contributed by atoms with Gasteiger partial charge in [0.1, 0.15) is 0 Å². The highest BCUT2D eigenvalue weighted by Crippen LogP contribution is 2.29. The van der Waals surface area contributed by atoms with Crippen LogP contribution in [0.4, 0.5) is 5.69 Å². The summed E-state index contributed by atoms with van der Waals surface area (Å²) in [6, 6.07) is 6.22. The van der Waals surface area contributed by atoms with E-state index < -0.39 is 15.9 Å². The fraction of sp³-hybridized carbons (Fsp3) is 0.571. The van der Waals surface area contributed by atoms with E-state index in [9.17, 15) is 22.8 Å². The monoisotopic (exact) mass is 450 g/mol. The van der Waals surface area contributed by atoms with Gasteiger partial charge in [-0.05, 0) is 37.1 Å². The number of benzene rings is 1. The SMILES string of the molecule is CCN(CC)S(=O)(=O)c1ccc(N2CC(C(=O)N3CCC(C(N)=O)CC3)CC2=O)cc1. The molecule has 2 aliphatic heterocycles. The van der Waals surface area contributed by atoms with Crippen LogP contribution in [0.5, 0.6) is 0 Å². The maximum Gasteiger partial charge on any atom is 0.243 e. The van der Waals surface area contributed by atoms with Gasteiger partial charge in [-0.25, -0.2) is 8.42 Å². The Hall–Kier alpha value is -2.46. The van der Waals surface area contributed by atoms with Gasteiger partial charge in [-0.1, -0.05) is 13.8 Å². The van der Waals surface area contributed by atoms with E-state index in [0.717, 1.165) is 0 Å². The molecule has 3 rings (SSSR count). The van der Waals surface area contributed by atoms with E-state index in [1.807, 2.05) is 0 Å². The number of hydrogen-bond acceptors (Lipinski definition) is 5. The average Bonchev–Trinajstić information content (AvgIpc) is 3.15. The van der Waals surface area contributed by atoms with Gasteiger partial charge in [0.15, 0.2) is 0 Å². The minimum Gasteiger partial charge on any atom is -0.369 e. The Morgan fingerprint density at radius 3 is 2.16 bits per heavy atom.